The molecule has 1 aromatic carbocycles. The fraction of sp³-hybridized carbons (Fsp3) is 0.318. The van der Waals surface area contributed by atoms with Gasteiger partial charge in [0.25, 0.3) is 11.1 Å². The SMILES string of the molecule is CCC1CC(Oc2cc(Oc3ccc(/C=C4\SC(=O)NC4=O)cc3)ncn2)CCN1C(=O)O. The number of carbonyl (C=O) groups is 3. The van der Waals surface area contributed by atoms with E-state index in [2.05, 4.69) is 15.3 Å². The summed E-state index contributed by atoms with van der Waals surface area (Å²) in [6, 6.07) is 8.48. The summed E-state index contributed by atoms with van der Waals surface area (Å²) < 4.78 is 11.8. The summed E-state index contributed by atoms with van der Waals surface area (Å²) in [5.74, 6) is 0.788. The number of nitrogens with one attached hydrogen (secondary N) is 1. The van der Waals surface area contributed by atoms with Gasteiger partial charge in [0.15, 0.2) is 0 Å². The normalized spacial score (nSPS) is 21.7. The average Bonchev–Trinajstić information content (AvgIpc) is 3.11. The molecule has 0 radical (unpaired) electrons. The van der Waals surface area contributed by atoms with Gasteiger partial charge in [0.05, 0.1) is 11.0 Å². The number of aromatic nitrogens is 2. The van der Waals surface area contributed by atoms with Gasteiger partial charge in [0.2, 0.25) is 11.8 Å². The number of piperidine rings is 1. The van der Waals surface area contributed by atoms with E-state index in [1.165, 1.54) is 11.2 Å². The van der Waals surface area contributed by atoms with Crippen LogP contribution in [0.1, 0.15) is 31.7 Å². The Balaban J connectivity index is 1.37. The van der Waals surface area contributed by atoms with E-state index in [1.54, 1.807) is 36.4 Å². The number of hydrogen-bond acceptors (Lipinski definition) is 8. The van der Waals surface area contributed by atoms with Crippen LogP contribution in [0.25, 0.3) is 6.08 Å². The molecule has 3 amide bonds. The highest BCUT2D eigenvalue weighted by molar-refractivity contribution is 8.18. The molecule has 2 saturated heterocycles. The molecule has 2 atom stereocenters. The molecule has 2 N–H and O–H groups in total. The quantitative estimate of drug-likeness (QED) is 0.604. The molecule has 2 aromatic rings. The van der Waals surface area contributed by atoms with Crippen LogP contribution in [0.2, 0.25) is 0 Å². The van der Waals surface area contributed by atoms with E-state index in [0.29, 0.717) is 41.8 Å². The Hall–Kier alpha value is -3.60. The van der Waals surface area contributed by atoms with Crippen LogP contribution in [0.5, 0.6) is 17.5 Å². The average molecular weight is 471 g/mol. The van der Waals surface area contributed by atoms with Gasteiger partial charge in [-0.3, -0.25) is 14.9 Å². The minimum Gasteiger partial charge on any atom is -0.474 e. The van der Waals surface area contributed by atoms with Gasteiger partial charge in [-0.2, -0.15) is 0 Å². The number of nitrogens with zero attached hydrogens (tertiary/aromatic N) is 3. The predicted octanol–water partition coefficient (Wildman–Crippen LogP) is 3.89. The Morgan fingerprint density at radius 1 is 1.27 bits per heavy atom. The zero-order valence-electron chi connectivity index (χ0n) is 17.8. The lowest BCUT2D eigenvalue weighted by atomic mass is 9.98. The summed E-state index contributed by atoms with van der Waals surface area (Å²) in [4.78, 5) is 44.3. The molecule has 4 rings (SSSR count). The largest absolute Gasteiger partial charge is 0.474 e. The van der Waals surface area contributed by atoms with E-state index in [-0.39, 0.29) is 17.4 Å². The highest BCUT2D eigenvalue weighted by Crippen LogP contribution is 2.28. The summed E-state index contributed by atoms with van der Waals surface area (Å²) in [6.45, 7) is 2.38. The number of amides is 3. The van der Waals surface area contributed by atoms with Crippen molar-refractivity contribution in [1.29, 1.82) is 0 Å². The van der Waals surface area contributed by atoms with Crippen LogP contribution in [-0.4, -0.2) is 55.9 Å². The molecule has 1 aromatic heterocycles. The fourth-order valence-corrected chi connectivity index (χ4v) is 4.38. The lowest BCUT2D eigenvalue weighted by molar-refractivity contribution is -0.115. The molecule has 0 bridgehead atoms. The maximum absolute atomic E-state index is 11.7. The molecule has 10 nitrogen and oxygen atoms in total. The topological polar surface area (TPSA) is 131 Å². The van der Waals surface area contributed by atoms with Crippen LogP contribution in [-0.2, 0) is 4.79 Å². The van der Waals surface area contributed by atoms with E-state index in [4.69, 9.17) is 9.47 Å². The second kappa shape index (κ2) is 9.90. The van der Waals surface area contributed by atoms with Crippen molar-refractivity contribution in [3.05, 3.63) is 47.1 Å². The molecule has 2 aliphatic rings. The molecule has 2 aliphatic heterocycles. The van der Waals surface area contributed by atoms with Gasteiger partial charge in [-0.1, -0.05) is 19.1 Å². The third kappa shape index (κ3) is 5.61. The van der Waals surface area contributed by atoms with Gasteiger partial charge < -0.3 is 19.5 Å². The molecule has 3 heterocycles. The van der Waals surface area contributed by atoms with Crippen LogP contribution in [0, 0.1) is 0 Å². The lowest BCUT2D eigenvalue weighted by Gasteiger charge is -2.37. The van der Waals surface area contributed by atoms with Gasteiger partial charge in [0, 0.05) is 25.4 Å². The summed E-state index contributed by atoms with van der Waals surface area (Å²) in [5.41, 5.74) is 0.750. The van der Waals surface area contributed by atoms with Gasteiger partial charge in [-0.25, -0.2) is 14.8 Å². The van der Waals surface area contributed by atoms with E-state index in [0.717, 1.165) is 23.7 Å². The van der Waals surface area contributed by atoms with Crippen molar-refractivity contribution in [2.75, 3.05) is 6.54 Å². The van der Waals surface area contributed by atoms with Crippen molar-refractivity contribution < 1.29 is 29.0 Å². The second-order valence-corrected chi connectivity index (χ2v) is 8.53. The number of ether oxygens (including phenoxy) is 2. The van der Waals surface area contributed by atoms with Gasteiger partial charge in [-0.05, 0) is 42.0 Å². The Bertz CT molecular complexity index is 1090. The van der Waals surface area contributed by atoms with E-state index in [9.17, 15) is 19.5 Å². The molecule has 33 heavy (non-hydrogen) atoms. The number of benzene rings is 1. The van der Waals surface area contributed by atoms with Crippen LogP contribution < -0.4 is 14.8 Å². The first-order valence-electron chi connectivity index (χ1n) is 10.4. The number of hydrogen-bond donors (Lipinski definition) is 2. The van der Waals surface area contributed by atoms with Crippen LogP contribution in [0.4, 0.5) is 9.59 Å². The van der Waals surface area contributed by atoms with Crippen LogP contribution in [0.3, 0.4) is 0 Å². The van der Waals surface area contributed by atoms with Gasteiger partial charge in [-0.15, -0.1) is 0 Å². The van der Waals surface area contributed by atoms with Gasteiger partial charge in [0.1, 0.15) is 18.2 Å². The molecular weight excluding hydrogens is 448 g/mol. The minimum atomic E-state index is -0.904. The molecule has 0 spiro atoms. The van der Waals surface area contributed by atoms with Crippen molar-refractivity contribution >= 4 is 35.1 Å². The number of carbonyl (C=O) groups excluding carboxylic acids is 2. The Labute approximate surface area is 194 Å². The first-order chi connectivity index (χ1) is 15.9. The van der Waals surface area contributed by atoms with Crippen molar-refractivity contribution in [3.8, 4) is 17.5 Å². The second-order valence-electron chi connectivity index (χ2n) is 7.52. The fourth-order valence-electron chi connectivity index (χ4n) is 3.70. The molecule has 2 fully saturated rings. The first kappa shape index (κ1) is 22.6. The van der Waals surface area contributed by atoms with E-state index >= 15 is 0 Å². The zero-order valence-corrected chi connectivity index (χ0v) is 18.6. The van der Waals surface area contributed by atoms with Crippen molar-refractivity contribution in [1.82, 2.24) is 20.2 Å². The number of thioether (sulfide) groups is 1. The van der Waals surface area contributed by atoms with Gasteiger partial charge >= 0.3 is 6.09 Å². The first-order valence-corrected chi connectivity index (χ1v) is 11.2. The molecule has 0 aliphatic carbocycles. The third-order valence-corrected chi connectivity index (χ3v) is 6.14. The number of imide groups is 1. The third-order valence-electron chi connectivity index (χ3n) is 5.33. The zero-order chi connectivity index (χ0) is 23.4. The molecule has 2 unspecified atom stereocenters. The molecule has 11 heteroatoms. The maximum atomic E-state index is 11.7. The van der Waals surface area contributed by atoms with Crippen molar-refractivity contribution in [2.45, 2.75) is 38.3 Å². The summed E-state index contributed by atoms with van der Waals surface area (Å²) >= 11 is 0.862. The maximum Gasteiger partial charge on any atom is 0.407 e. The highest BCUT2D eigenvalue weighted by Gasteiger charge is 2.31. The summed E-state index contributed by atoms with van der Waals surface area (Å²) in [6.07, 6.45) is 3.84. The minimum absolute atomic E-state index is 0.0841. The Kier molecular flexibility index (Phi) is 6.78. The van der Waals surface area contributed by atoms with Crippen molar-refractivity contribution in [3.63, 3.8) is 0 Å². The molecule has 0 saturated carbocycles. The predicted molar refractivity (Wildman–Crippen MR) is 120 cm³/mol. The van der Waals surface area contributed by atoms with Crippen molar-refractivity contribution in [2.24, 2.45) is 0 Å². The highest BCUT2D eigenvalue weighted by atomic mass is 32.2. The lowest BCUT2D eigenvalue weighted by Crippen LogP contribution is -2.48. The number of carboxylic acid groups (broad SMARTS) is 1. The Morgan fingerprint density at radius 2 is 2.03 bits per heavy atom. The smallest absolute Gasteiger partial charge is 0.407 e. The summed E-state index contributed by atoms with van der Waals surface area (Å²) in [7, 11) is 0. The Morgan fingerprint density at radius 3 is 2.70 bits per heavy atom. The summed E-state index contributed by atoms with van der Waals surface area (Å²) in [5, 5.41) is 11.1. The standard InChI is InChI=1S/C22H22N4O6S/c1-2-14-10-16(7-8-26(14)22(29)30)32-19-11-18(23-12-24-19)31-15-5-3-13(4-6-15)9-17-20(27)25-21(28)33-17/h3-6,9,11-12,14,16H,2,7-8,10H2,1H3,(H,29,30)(H,25,27,28)/b17-9-. The van der Waals surface area contributed by atoms with E-state index < -0.39 is 12.0 Å². The number of rotatable bonds is 6. The van der Waals surface area contributed by atoms with Crippen LogP contribution >= 0.6 is 11.8 Å². The monoisotopic (exact) mass is 470 g/mol. The molecule has 172 valence electrons. The number of likely N-dealkylation sites (tertiary alicyclic amines) is 1. The molecular formula is C22H22N4O6S. The van der Waals surface area contributed by atoms with Crippen LogP contribution in [0.15, 0.2) is 41.6 Å². The van der Waals surface area contributed by atoms with E-state index in [1.807, 2.05) is 6.92 Å².